The van der Waals surface area contributed by atoms with E-state index in [0.717, 1.165) is 12.8 Å². The second-order valence-corrected chi connectivity index (χ2v) is 10.8. The summed E-state index contributed by atoms with van der Waals surface area (Å²) in [6.07, 6.45) is 21.5. The summed E-state index contributed by atoms with van der Waals surface area (Å²) in [5.74, 6) is 0.794. The Morgan fingerprint density at radius 2 is 1.31 bits per heavy atom. The Labute approximate surface area is 253 Å². The quantitative estimate of drug-likeness (QED) is 0.0466. The van der Waals surface area contributed by atoms with Gasteiger partial charge in [-0.05, 0) is 61.4 Å². The number of methoxy groups -OCH3 is 1. The first-order valence-electron chi connectivity index (χ1n) is 16.0. The number of carbonyl (C=O) groups is 2. The minimum Gasteiger partial charge on any atom is -0.494 e. The van der Waals surface area contributed by atoms with Gasteiger partial charge in [-0.15, -0.1) is 0 Å². The highest BCUT2D eigenvalue weighted by molar-refractivity contribution is 5.91. The van der Waals surface area contributed by atoms with Gasteiger partial charge in [0.25, 0.3) is 0 Å². The van der Waals surface area contributed by atoms with Crippen LogP contribution in [0.1, 0.15) is 133 Å². The summed E-state index contributed by atoms with van der Waals surface area (Å²) in [6.45, 7) is 4.73. The molecular weight excluding hydrogens is 528 g/mol. The second-order valence-electron chi connectivity index (χ2n) is 10.8. The Morgan fingerprint density at radius 1 is 0.738 bits per heavy atom. The molecule has 0 radical (unpaired) electrons. The van der Waals surface area contributed by atoms with Gasteiger partial charge in [0, 0.05) is 6.42 Å². The van der Waals surface area contributed by atoms with Crippen molar-refractivity contribution in [3.05, 3.63) is 53.6 Å². The summed E-state index contributed by atoms with van der Waals surface area (Å²) in [6, 6.07) is 11.9. The molecule has 2 rings (SSSR count). The number of nitrogens with zero attached hydrogens (tertiary/aromatic N) is 1. The Balaban J connectivity index is 1.57. The third-order valence-electron chi connectivity index (χ3n) is 7.20. The van der Waals surface area contributed by atoms with Crippen LogP contribution in [0.15, 0.2) is 47.6 Å². The Bertz CT molecular complexity index is 1050. The van der Waals surface area contributed by atoms with Crippen LogP contribution >= 0.6 is 0 Å². The third-order valence-corrected chi connectivity index (χ3v) is 7.20. The number of benzene rings is 2. The smallest absolute Gasteiger partial charge is 0.343 e. The number of esters is 1. The molecule has 232 valence electrons. The molecule has 0 atom stereocenters. The summed E-state index contributed by atoms with van der Waals surface area (Å²) in [4.78, 5) is 24.7. The van der Waals surface area contributed by atoms with Crippen molar-refractivity contribution in [3.63, 3.8) is 0 Å². The Kier molecular flexibility index (Phi) is 18.5. The Hall–Kier alpha value is -3.35. The fourth-order valence-corrected chi connectivity index (χ4v) is 4.75. The maximum absolute atomic E-state index is 12.5. The number of nitrogens with one attached hydrogen (secondary N) is 1. The lowest BCUT2D eigenvalue weighted by Crippen LogP contribution is -2.16. The van der Waals surface area contributed by atoms with Crippen LogP contribution in [0.2, 0.25) is 0 Å². The van der Waals surface area contributed by atoms with Crippen molar-refractivity contribution in [2.45, 2.75) is 117 Å². The molecule has 2 aromatic rings. The summed E-state index contributed by atoms with van der Waals surface area (Å²) >= 11 is 0. The number of unbranched alkanes of at least 4 members (excludes halogenated alkanes) is 14. The van der Waals surface area contributed by atoms with Gasteiger partial charge in [-0.1, -0.05) is 96.8 Å². The maximum Gasteiger partial charge on any atom is 0.343 e. The number of hydrogen-bond donors (Lipinski definition) is 1. The summed E-state index contributed by atoms with van der Waals surface area (Å²) in [5, 5.41) is 4.07. The van der Waals surface area contributed by atoms with Crippen LogP contribution in [0.3, 0.4) is 0 Å². The first-order chi connectivity index (χ1) is 20.6. The second kappa shape index (κ2) is 22.3. The minimum atomic E-state index is -0.496. The summed E-state index contributed by atoms with van der Waals surface area (Å²) in [7, 11) is 1.50. The van der Waals surface area contributed by atoms with Crippen molar-refractivity contribution in [2.75, 3.05) is 13.7 Å². The first kappa shape index (κ1) is 34.8. The van der Waals surface area contributed by atoms with E-state index >= 15 is 0 Å². The van der Waals surface area contributed by atoms with Crippen molar-refractivity contribution < 1.29 is 23.8 Å². The van der Waals surface area contributed by atoms with E-state index in [9.17, 15) is 9.59 Å². The molecule has 0 saturated heterocycles. The monoisotopic (exact) mass is 580 g/mol. The van der Waals surface area contributed by atoms with Gasteiger partial charge >= 0.3 is 5.97 Å². The van der Waals surface area contributed by atoms with Gasteiger partial charge in [0.15, 0.2) is 11.5 Å². The number of carbonyl (C=O) groups excluding carboxylic acids is 2. The van der Waals surface area contributed by atoms with Crippen LogP contribution in [0.4, 0.5) is 0 Å². The van der Waals surface area contributed by atoms with Crippen molar-refractivity contribution in [3.8, 4) is 17.2 Å². The number of hydrazone groups is 1. The number of amides is 1. The van der Waals surface area contributed by atoms with Crippen molar-refractivity contribution in [2.24, 2.45) is 5.10 Å². The highest BCUT2D eigenvalue weighted by Crippen LogP contribution is 2.28. The molecule has 0 aromatic heterocycles. The lowest BCUT2D eigenvalue weighted by Gasteiger charge is -2.10. The molecule has 0 fully saturated rings. The lowest BCUT2D eigenvalue weighted by atomic mass is 10.0. The van der Waals surface area contributed by atoms with Gasteiger partial charge in [-0.2, -0.15) is 5.10 Å². The molecule has 1 N–H and O–H groups in total. The highest BCUT2D eigenvalue weighted by Gasteiger charge is 2.13. The zero-order valence-corrected chi connectivity index (χ0v) is 26.1. The zero-order valence-electron chi connectivity index (χ0n) is 26.1. The Morgan fingerprint density at radius 3 is 1.86 bits per heavy atom. The molecule has 7 heteroatoms. The highest BCUT2D eigenvalue weighted by atomic mass is 16.6. The van der Waals surface area contributed by atoms with Gasteiger partial charge in [0.1, 0.15) is 5.75 Å². The van der Waals surface area contributed by atoms with Crippen molar-refractivity contribution in [1.82, 2.24) is 5.43 Å². The third kappa shape index (κ3) is 15.0. The molecule has 0 bridgehead atoms. The molecule has 1 amide bonds. The fourth-order valence-electron chi connectivity index (χ4n) is 4.75. The van der Waals surface area contributed by atoms with Crippen molar-refractivity contribution >= 4 is 18.1 Å². The van der Waals surface area contributed by atoms with Gasteiger partial charge in [-0.3, -0.25) is 4.79 Å². The molecular formula is C35H52N2O5. The van der Waals surface area contributed by atoms with E-state index < -0.39 is 5.97 Å². The van der Waals surface area contributed by atoms with Gasteiger partial charge in [0.2, 0.25) is 5.91 Å². The molecule has 0 unspecified atom stereocenters. The van der Waals surface area contributed by atoms with E-state index in [1.54, 1.807) is 48.7 Å². The number of rotatable bonds is 23. The molecule has 0 spiro atoms. The molecule has 0 saturated carbocycles. The van der Waals surface area contributed by atoms with E-state index in [-0.39, 0.29) is 5.91 Å². The van der Waals surface area contributed by atoms with Gasteiger partial charge in [0.05, 0.1) is 25.5 Å². The van der Waals surface area contributed by atoms with Crippen molar-refractivity contribution in [1.29, 1.82) is 0 Å². The van der Waals surface area contributed by atoms with E-state index in [1.807, 2.05) is 6.92 Å². The maximum atomic E-state index is 12.5. The molecule has 0 aliphatic rings. The molecule has 42 heavy (non-hydrogen) atoms. The lowest BCUT2D eigenvalue weighted by molar-refractivity contribution is -0.121. The molecule has 7 nitrogen and oxygen atoms in total. The number of ether oxygens (including phenoxy) is 3. The SMILES string of the molecule is CCCCCCCCCCCCCCCCCC(=O)N/N=C\c1ccc(OC(=O)c2ccc(OCC)cc2)c(OC)c1. The minimum absolute atomic E-state index is 0.0891. The fraction of sp³-hybridized carbons (Fsp3) is 0.571. The molecule has 0 heterocycles. The average molecular weight is 581 g/mol. The van der Waals surface area contributed by atoms with Crippen LogP contribution in [-0.4, -0.2) is 31.8 Å². The first-order valence-corrected chi connectivity index (χ1v) is 16.0. The predicted molar refractivity (Wildman–Crippen MR) is 171 cm³/mol. The van der Waals surface area contributed by atoms with Gasteiger partial charge in [-0.25, -0.2) is 10.2 Å². The van der Waals surface area contributed by atoms with E-state index in [1.165, 1.54) is 90.6 Å². The van der Waals surface area contributed by atoms with Crippen LogP contribution in [0, 0.1) is 0 Å². The van der Waals surface area contributed by atoms with Crippen LogP contribution in [0.5, 0.6) is 17.2 Å². The topological polar surface area (TPSA) is 86.2 Å². The van der Waals surface area contributed by atoms with Crippen LogP contribution in [0.25, 0.3) is 0 Å². The molecule has 0 aliphatic heterocycles. The van der Waals surface area contributed by atoms with E-state index in [0.29, 0.717) is 41.4 Å². The number of hydrogen-bond acceptors (Lipinski definition) is 6. The standard InChI is InChI=1S/C35H52N2O5/c1-4-6-7-8-9-10-11-12-13-14-15-16-17-18-19-20-34(38)37-36-28-29-21-26-32(33(27-29)40-3)42-35(39)30-22-24-31(25-23-30)41-5-2/h21-28H,4-20H2,1-3H3,(H,37,38)/b36-28-. The van der Waals surface area contributed by atoms with Crippen LogP contribution < -0.4 is 19.6 Å². The van der Waals surface area contributed by atoms with Crippen LogP contribution in [-0.2, 0) is 4.79 Å². The van der Waals surface area contributed by atoms with Gasteiger partial charge < -0.3 is 14.2 Å². The summed E-state index contributed by atoms with van der Waals surface area (Å²) < 4.78 is 16.3. The predicted octanol–water partition coefficient (Wildman–Crippen LogP) is 9.02. The average Bonchev–Trinajstić information content (AvgIpc) is 3.00. The van der Waals surface area contributed by atoms with E-state index in [4.69, 9.17) is 14.2 Å². The largest absolute Gasteiger partial charge is 0.494 e. The molecule has 0 aliphatic carbocycles. The normalized spacial score (nSPS) is 11.0. The molecule has 2 aromatic carbocycles. The van der Waals surface area contributed by atoms with E-state index in [2.05, 4.69) is 17.5 Å². The summed E-state index contributed by atoms with van der Waals surface area (Å²) in [5.41, 5.74) is 3.71. The zero-order chi connectivity index (χ0) is 30.3.